The zero-order chi connectivity index (χ0) is 20.9. The number of anilines is 1. The van der Waals surface area contributed by atoms with Crippen LogP contribution in [0, 0.1) is 0 Å². The predicted molar refractivity (Wildman–Crippen MR) is 104 cm³/mol. The van der Waals surface area contributed by atoms with Crippen molar-refractivity contribution < 1.29 is 23.4 Å². The van der Waals surface area contributed by atoms with Gasteiger partial charge in [0, 0.05) is 7.11 Å². The van der Waals surface area contributed by atoms with Crippen LogP contribution >= 0.6 is 7.52 Å². The predicted octanol–water partition coefficient (Wildman–Crippen LogP) is 1.54. The molecule has 0 aromatic carbocycles. The number of carbonyl (C=O) groups excluding carboxylic acids is 1. The van der Waals surface area contributed by atoms with Crippen LogP contribution in [0.4, 0.5) is 5.82 Å². The van der Waals surface area contributed by atoms with E-state index in [9.17, 15) is 9.36 Å². The van der Waals surface area contributed by atoms with Gasteiger partial charge in [-0.25, -0.2) is 20.0 Å². The molecule has 2 heterocycles. The van der Waals surface area contributed by atoms with Gasteiger partial charge in [0.25, 0.3) is 7.52 Å². The van der Waals surface area contributed by atoms with E-state index in [1.54, 1.807) is 31.7 Å². The Balaban J connectivity index is 1.95. The average Bonchev–Trinajstić information content (AvgIpc) is 3.04. The molecule has 0 aliphatic rings. The molecule has 2 aromatic heterocycles. The number of aromatic nitrogens is 4. The first kappa shape index (κ1) is 22.2. The lowest BCUT2D eigenvalue weighted by Gasteiger charge is -2.23. The zero-order valence-corrected chi connectivity index (χ0v) is 17.6. The molecule has 0 amide bonds. The first-order chi connectivity index (χ1) is 13.1. The monoisotopic (exact) mass is 414 g/mol. The summed E-state index contributed by atoms with van der Waals surface area (Å²) in [5.41, 5.74) is 6.87. The molecule has 2 aromatic rings. The third-order valence-electron chi connectivity index (χ3n) is 3.80. The first-order valence-electron chi connectivity index (χ1n) is 8.81. The van der Waals surface area contributed by atoms with Gasteiger partial charge in [-0.05, 0) is 27.7 Å². The Kier molecular flexibility index (Phi) is 7.48. The lowest BCUT2D eigenvalue weighted by Crippen LogP contribution is -2.36. The normalized spacial score (nSPS) is 16.1. The van der Waals surface area contributed by atoms with E-state index in [0.717, 1.165) is 0 Å². The van der Waals surface area contributed by atoms with E-state index in [-0.39, 0.29) is 18.6 Å². The number of rotatable bonds is 10. The van der Waals surface area contributed by atoms with Crippen molar-refractivity contribution in [3.63, 3.8) is 0 Å². The van der Waals surface area contributed by atoms with Gasteiger partial charge in [-0.1, -0.05) is 0 Å². The van der Waals surface area contributed by atoms with Crippen molar-refractivity contribution in [1.82, 2.24) is 24.6 Å². The maximum atomic E-state index is 12.8. The minimum atomic E-state index is -3.40. The number of nitrogen functional groups attached to an aromatic ring is 1. The van der Waals surface area contributed by atoms with Gasteiger partial charge in [-0.2, -0.15) is 0 Å². The molecule has 0 saturated heterocycles. The molecule has 3 atom stereocenters. The number of ether oxygens (including phenoxy) is 2. The van der Waals surface area contributed by atoms with Gasteiger partial charge in [-0.3, -0.25) is 9.36 Å². The van der Waals surface area contributed by atoms with E-state index in [1.807, 2.05) is 6.92 Å². The summed E-state index contributed by atoms with van der Waals surface area (Å²) in [6, 6.07) is -0.802. The number of fused-ring (bicyclic) bond motifs is 1. The van der Waals surface area contributed by atoms with E-state index in [4.69, 9.17) is 19.7 Å². The molecule has 0 aliphatic heterocycles. The molecule has 1 unspecified atom stereocenters. The van der Waals surface area contributed by atoms with Gasteiger partial charge in [0.2, 0.25) is 0 Å². The van der Waals surface area contributed by atoms with Crippen molar-refractivity contribution in [2.24, 2.45) is 0 Å². The highest BCUT2D eigenvalue weighted by Gasteiger charge is 2.29. The van der Waals surface area contributed by atoms with Crippen molar-refractivity contribution in [3.05, 3.63) is 12.7 Å². The topological polar surface area (TPSA) is 143 Å². The molecule has 0 bridgehead atoms. The fraction of sp³-hybridized carbons (Fsp3) is 0.625. The summed E-state index contributed by atoms with van der Waals surface area (Å²) in [7, 11) is -2.10. The van der Waals surface area contributed by atoms with Gasteiger partial charge in [0.1, 0.15) is 24.2 Å². The van der Waals surface area contributed by atoms with Crippen molar-refractivity contribution in [1.29, 1.82) is 0 Å². The number of hydrogen-bond donors (Lipinski definition) is 2. The summed E-state index contributed by atoms with van der Waals surface area (Å²) in [5, 5.41) is 2.68. The fourth-order valence-electron chi connectivity index (χ4n) is 2.41. The summed E-state index contributed by atoms with van der Waals surface area (Å²) in [5.74, 6) is -0.213. The van der Waals surface area contributed by atoms with Crippen molar-refractivity contribution in [2.75, 3.05) is 19.2 Å². The van der Waals surface area contributed by atoms with Gasteiger partial charge in [0.15, 0.2) is 11.5 Å². The Morgan fingerprint density at radius 1 is 1.29 bits per heavy atom. The lowest BCUT2D eigenvalue weighted by atomic mass is 10.4. The van der Waals surface area contributed by atoms with Crippen LogP contribution in [0.15, 0.2) is 12.7 Å². The van der Waals surface area contributed by atoms with Crippen LogP contribution in [0.25, 0.3) is 11.2 Å². The van der Waals surface area contributed by atoms with Gasteiger partial charge in [-0.15, -0.1) is 0 Å². The minimum Gasteiger partial charge on any atom is -0.462 e. The number of nitrogens with zero attached hydrogens (tertiary/aromatic N) is 4. The van der Waals surface area contributed by atoms with Crippen molar-refractivity contribution >= 4 is 30.5 Å². The van der Waals surface area contributed by atoms with Crippen LogP contribution in [0.2, 0.25) is 0 Å². The second kappa shape index (κ2) is 9.42. The van der Waals surface area contributed by atoms with E-state index < -0.39 is 19.5 Å². The fourth-order valence-corrected chi connectivity index (χ4v) is 3.84. The molecule has 0 spiro atoms. The second-order valence-electron chi connectivity index (χ2n) is 6.63. The second-order valence-corrected chi connectivity index (χ2v) is 8.86. The van der Waals surface area contributed by atoms with Gasteiger partial charge < -0.3 is 24.3 Å². The SMILES string of the molecule is COP(=O)(CO[C@H](C)Cn1cnc2c(N)ncnc21)N[C@@H](C)C(=O)OC(C)C. The molecular weight excluding hydrogens is 387 g/mol. The molecule has 0 aliphatic carbocycles. The molecule has 156 valence electrons. The molecule has 3 N–H and O–H groups in total. The van der Waals surface area contributed by atoms with Gasteiger partial charge >= 0.3 is 5.97 Å². The summed E-state index contributed by atoms with van der Waals surface area (Å²) in [6.45, 7) is 7.25. The zero-order valence-electron chi connectivity index (χ0n) is 16.7. The molecule has 11 nitrogen and oxygen atoms in total. The number of carbonyl (C=O) groups is 1. The highest BCUT2D eigenvalue weighted by atomic mass is 31.2. The highest BCUT2D eigenvalue weighted by molar-refractivity contribution is 7.56. The van der Waals surface area contributed by atoms with Crippen molar-refractivity contribution in [2.45, 2.75) is 52.5 Å². The quantitative estimate of drug-likeness (QED) is 0.434. The number of esters is 1. The highest BCUT2D eigenvalue weighted by Crippen LogP contribution is 2.42. The van der Waals surface area contributed by atoms with Crippen LogP contribution < -0.4 is 10.8 Å². The molecule has 0 saturated carbocycles. The summed E-state index contributed by atoms with van der Waals surface area (Å²) >= 11 is 0. The van der Waals surface area contributed by atoms with E-state index in [1.165, 1.54) is 13.4 Å². The lowest BCUT2D eigenvalue weighted by molar-refractivity contribution is -0.149. The standard InChI is InChI=1S/C16H27N6O5P/c1-10(2)27-16(23)12(4)21-28(24,25-5)9-26-11(3)6-22-8-20-13-14(17)18-7-19-15(13)22/h7-8,10-12H,6,9H2,1-5H3,(H,21,24)(H2,17,18,19)/t11-,12+,28?/m1/s1. The van der Waals surface area contributed by atoms with Crippen molar-refractivity contribution in [3.8, 4) is 0 Å². The number of nitrogens with two attached hydrogens (primary N) is 1. The molecular formula is C16H27N6O5P. The van der Waals surface area contributed by atoms with Crippen LogP contribution in [0.1, 0.15) is 27.7 Å². The molecule has 12 heteroatoms. The summed E-state index contributed by atoms with van der Waals surface area (Å²) in [4.78, 5) is 24.2. The van der Waals surface area contributed by atoms with Gasteiger partial charge in [0.05, 0.1) is 25.1 Å². The Hall–Kier alpha value is -2.07. The van der Waals surface area contributed by atoms with Crippen LogP contribution in [-0.2, 0) is 29.9 Å². The average molecular weight is 414 g/mol. The van der Waals surface area contributed by atoms with E-state index in [0.29, 0.717) is 23.5 Å². The Bertz CT molecular complexity index is 857. The van der Waals surface area contributed by atoms with Crippen LogP contribution in [0.5, 0.6) is 0 Å². The third-order valence-corrected chi connectivity index (χ3v) is 5.66. The molecule has 2 rings (SSSR count). The Morgan fingerprint density at radius 3 is 2.64 bits per heavy atom. The summed E-state index contributed by atoms with van der Waals surface area (Å²) < 4.78 is 30.5. The maximum Gasteiger partial charge on any atom is 0.323 e. The minimum absolute atomic E-state index is 0.215. The number of nitrogens with one attached hydrogen (secondary N) is 1. The third kappa shape index (κ3) is 5.71. The largest absolute Gasteiger partial charge is 0.462 e. The smallest absolute Gasteiger partial charge is 0.323 e. The molecule has 28 heavy (non-hydrogen) atoms. The maximum absolute atomic E-state index is 12.8. The Labute approximate surface area is 163 Å². The Morgan fingerprint density at radius 2 is 2.00 bits per heavy atom. The van der Waals surface area contributed by atoms with Crippen LogP contribution in [-0.4, -0.2) is 57.2 Å². The van der Waals surface area contributed by atoms with E-state index in [2.05, 4.69) is 20.0 Å². The van der Waals surface area contributed by atoms with Crippen LogP contribution in [0.3, 0.4) is 0 Å². The first-order valence-corrected chi connectivity index (χ1v) is 10.6. The summed E-state index contributed by atoms with van der Waals surface area (Å²) in [6.07, 6.45) is 2.14. The molecule has 0 fully saturated rings. The molecule has 0 radical (unpaired) electrons. The number of hydrogen-bond acceptors (Lipinski definition) is 9. The van der Waals surface area contributed by atoms with E-state index >= 15 is 0 Å². The number of imidazole rings is 1.